The van der Waals surface area contributed by atoms with Crippen LogP contribution in [0.1, 0.15) is 4.88 Å². The Morgan fingerprint density at radius 1 is 1.37 bits per heavy atom. The van der Waals surface area contributed by atoms with Crippen LogP contribution in [0.2, 0.25) is 10.0 Å². The van der Waals surface area contributed by atoms with E-state index < -0.39 is 0 Å². The minimum absolute atomic E-state index is 0.144. The summed E-state index contributed by atoms with van der Waals surface area (Å²) < 4.78 is 0. The maximum Gasteiger partial charge on any atom is 0.248 e. The molecule has 0 atom stereocenters. The molecule has 0 saturated carbocycles. The van der Waals surface area contributed by atoms with E-state index in [4.69, 9.17) is 23.2 Å². The number of hydrogen-bond acceptors (Lipinski definition) is 4. The Balaban J connectivity index is 2.09. The van der Waals surface area contributed by atoms with E-state index in [1.54, 1.807) is 17.8 Å². The summed E-state index contributed by atoms with van der Waals surface area (Å²) in [4.78, 5) is 16.4. The van der Waals surface area contributed by atoms with Crippen LogP contribution in [0.15, 0.2) is 29.9 Å². The van der Waals surface area contributed by atoms with Crippen LogP contribution < -0.4 is 5.32 Å². The minimum Gasteiger partial charge on any atom is -0.506 e. The third kappa shape index (κ3) is 3.70. The van der Waals surface area contributed by atoms with E-state index in [0.29, 0.717) is 0 Å². The molecule has 0 unspecified atom stereocenters. The Morgan fingerprint density at radius 3 is 2.79 bits per heavy atom. The molecule has 0 radical (unpaired) electrons. The van der Waals surface area contributed by atoms with Crippen LogP contribution in [0.3, 0.4) is 0 Å². The van der Waals surface area contributed by atoms with E-state index in [1.165, 1.54) is 29.5 Å². The van der Waals surface area contributed by atoms with Crippen LogP contribution in [0.4, 0.5) is 5.69 Å². The van der Waals surface area contributed by atoms with Crippen LogP contribution >= 0.6 is 34.5 Å². The van der Waals surface area contributed by atoms with Gasteiger partial charge in [-0.05, 0) is 12.1 Å². The lowest BCUT2D eigenvalue weighted by molar-refractivity contribution is -0.111. The van der Waals surface area contributed by atoms with Crippen LogP contribution in [0, 0.1) is 0 Å². The summed E-state index contributed by atoms with van der Waals surface area (Å²) in [5.41, 5.74) is 1.87. The summed E-state index contributed by atoms with van der Waals surface area (Å²) in [7, 11) is 0. The lowest BCUT2D eigenvalue weighted by Crippen LogP contribution is -2.07. The smallest absolute Gasteiger partial charge is 0.248 e. The van der Waals surface area contributed by atoms with E-state index in [-0.39, 0.29) is 27.4 Å². The summed E-state index contributed by atoms with van der Waals surface area (Å²) in [6, 6.07) is 2.66. The van der Waals surface area contributed by atoms with Crippen molar-refractivity contribution in [3.05, 3.63) is 44.8 Å². The van der Waals surface area contributed by atoms with Crippen molar-refractivity contribution in [3.63, 3.8) is 0 Å². The van der Waals surface area contributed by atoms with E-state index in [2.05, 4.69) is 10.3 Å². The van der Waals surface area contributed by atoms with E-state index in [0.717, 1.165) is 4.88 Å². The van der Waals surface area contributed by atoms with Gasteiger partial charge in [-0.3, -0.25) is 9.78 Å². The average Bonchev–Trinajstić information content (AvgIpc) is 2.86. The van der Waals surface area contributed by atoms with Gasteiger partial charge in [0.25, 0.3) is 0 Å². The molecule has 0 spiro atoms. The number of phenols is 1. The highest BCUT2D eigenvalue weighted by Gasteiger charge is 2.08. The molecule has 0 aliphatic rings. The Labute approximate surface area is 123 Å². The molecule has 0 bridgehead atoms. The highest BCUT2D eigenvalue weighted by atomic mass is 35.5. The van der Waals surface area contributed by atoms with Crippen LogP contribution in [0.25, 0.3) is 6.08 Å². The van der Waals surface area contributed by atoms with E-state index in [9.17, 15) is 9.90 Å². The minimum atomic E-state index is -0.387. The van der Waals surface area contributed by atoms with Crippen molar-refractivity contribution >= 4 is 52.2 Å². The molecular weight excluding hydrogens is 307 g/mol. The van der Waals surface area contributed by atoms with E-state index in [1.807, 2.05) is 0 Å². The molecule has 7 heteroatoms. The van der Waals surface area contributed by atoms with Gasteiger partial charge in [-0.25, -0.2) is 0 Å². The number of nitrogens with one attached hydrogen (secondary N) is 1. The number of thiazole rings is 1. The van der Waals surface area contributed by atoms with Gasteiger partial charge in [0.2, 0.25) is 5.91 Å². The zero-order chi connectivity index (χ0) is 13.8. The van der Waals surface area contributed by atoms with E-state index >= 15 is 0 Å². The number of rotatable bonds is 3. The lowest BCUT2D eigenvalue weighted by Gasteiger charge is -2.06. The second-order valence-corrected chi connectivity index (χ2v) is 5.24. The number of aromatic hydroxyl groups is 1. The van der Waals surface area contributed by atoms with Crippen molar-refractivity contribution in [1.82, 2.24) is 4.98 Å². The quantitative estimate of drug-likeness (QED) is 0.669. The number of amides is 1. The lowest BCUT2D eigenvalue weighted by atomic mass is 10.3. The van der Waals surface area contributed by atoms with Gasteiger partial charge >= 0.3 is 0 Å². The van der Waals surface area contributed by atoms with Crippen molar-refractivity contribution in [2.75, 3.05) is 5.32 Å². The Hall–Kier alpha value is -1.56. The SMILES string of the molecule is O=C(/C=C/c1cncs1)Nc1cc(Cl)c(Cl)cc1O. The Kier molecular flexibility index (Phi) is 4.42. The Bertz CT molecular complexity index is 627. The number of anilines is 1. The first-order chi connectivity index (χ1) is 9.06. The van der Waals surface area contributed by atoms with Crippen molar-refractivity contribution in [3.8, 4) is 5.75 Å². The van der Waals surface area contributed by atoms with Crippen LogP contribution in [-0.2, 0) is 4.79 Å². The van der Waals surface area contributed by atoms with Gasteiger partial charge in [0.15, 0.2) is 0 Å². The predicted octanol–water partition coefficient (Wildman–Crippen LogP) is 3.81. The molecule has 0 saturated heterocycles. The van der Waals surface area contributed by atoms with Crippen LogP contribution in [0.5, 0.6) is 5.75 Å². The monoisotopic (exact) mass is 314 g/mol. The van der Waals surface area contributed by atoms with Crippen molar-refractivity contribution in [2.24, 2.45) is 0 Å². The number of nitrogens with zero attached hydrogens (tertiary/aromatic N) is 1. The first kappa shape index (κ1) is 13.9. The average molecular weight is 315 g/mol. The molecule has 1 heterocycles. The number of phenolic OH excluding ortho intramolecular Hbond substituents is 1. The maximum atomic E-state index is 11.7. The number of carbonyl (C=O) groups excluding carboxylic acids is 1. The second-order valence-electron chi connectivity index (χ2n) is 3.51. The predicted molar refractivity (Wildman–Crippen MR) is 77.9 cm³/mol. The molecular formula is C12H8Cl2N2O2S. The normalized spacial score (nSPS) is 10.8. The van der Waals surface area contributed by atoms with Crippen LogP contribution in [-0.4, -0.2) is 16.0 Å². The zero-order valence-electron chi connectivity index (χ0n) is 9.43. The molecule has 1 amide bonds. The Morgan fingerprint density at radius 2 is 2.11 bits per heavy atom. The fourth-order valence-corrected chi connectivity index (χ4v) is 2.11. The van der Waals surface area contributed by atoms with Gasteiger partial charge in [-0.1, -0.05) is 23.2 Å². The summed E-state index contributed by atoms with van der Waals surface area (Å²) in [6.45, 7) is 0. The standard InChI is InChI=1S/C12H8Cl2N2O2S/c13-8-3-10(11(17)4-9(8)14)16-12(18)2-1-7-5-15-6-19-7/h1-6,17H,(H,16,18)/b2-1+. The van der Waals surface area contributed by atoms with Gasteiger partial charge in [0.05, 0.1) is 21.2 Å². The van der Waals surface area contributed by atoms with Crippen molar-refractivity contribution in [1.29, 1.82) is 0 Å². The zero-order valence-corrected chi connectivity index (χ0v) is 11.8. The molecule has 2 aromatic rings. The molecule has 1 aromatic heterocycles. The second kappa shape index (κ2) is 6.06. The summed E-state index contributed by atoms with van der Waals surface area (Å²) in [5, 5.41) is 12.6. The molecule has 19 heavy (non-hydrogen) atoms. The van der Waals surface area contributed by atoms with Gasteiger partial charge in [0.1, 0.15) is 5.75 Å². The van der Waals surface area contributed by atoms with Gasteiger partial charge in [-0.2, -0.15) is 0 Å². The van der Waals surface area contributed by atoms with Gasteiger partial charge in [-0.15, -0.1) is 11.3 Å². The molecule has 0 fully saturated rings. The molecule has 2 N–H and O–H groups in total. The highest BCUT2D eigenvalue weighted by Crippen LogP contribution is 2.33. The molecule has 98 valence electrons. The van der Waals surface area contributed by atoms with Crippen molar-refractivity contribution in [2.45, 2.75) is 0 Å². The number of halogens is 2. The number of hydrogen-bond donors (Lipinski definition) is 2. The molecule has 0 aliphatic heterocycles. The third-order valence-corrected chi connectivity index (χ3v) is 3.61. The third-order valence-electron chi connectivity index (χ3n) is 2.15. The van der Waals surface area contributed by atoms with Crippen molar-refractivity contribution < 1.29 is 9.90 Å². The number of carbonyl (C=O) groups is 1. The molecule has 4 nitrogen and oxygen atoms in total. The number of aromatic nitrogens is 1. The number of benzene rings is 1. The first-order valence-corrected chi connectivity index (χ1v) is 6.75. The fourth-order valence-electron chi connectivity index (χ4n) is 1.28. The fraction of sp³-hybridized carbons (Fsp3) is 0. The molecule has 0 aliphatic carbocycles. The molecule has 2 rings (SSSR count). The van der Waals surface area contributed by atoms with Gasteiger partial charge in [0, 0.05) is 23.2 Å². The highest BCUT2D eigenvalue weighted by molar-refractivity contribution is 7.10. The summed E-state index contributed by atoms with van der Waals surface area (Å²) >= 11 is 12.9. The molecule has 1 aromatic carbocycles. The topological polar surface area (TPSA) is 62.2 Å². The maximum absolute atomic E-state index is 11.7. The first-order valence-electron chi connectivity index (χ1n) is 5.12. The summed E-state index contributed by atoms with van der Waals surface area (Å²) in [6.07, 6.45) is 4.61. The largest absolute Gasteiger partial charge is 0.506 e. The summed E-state index contributed by atoms with van der Waals surface area (Å²) in [5.74, 6) is -0.531. The van der Waals surface area contributed by atoms with Gasteiger partial charge < -0.3 is 10.4 Å².